The smallest absolute Gasteiger partial charge is 0.0175 e. The summed E-state index contributed by atoms with van der Waals surface area (Å²) in [4.78, 5) is 0. The summed E-state index contributed by atoms with van der Waals surface area (Å²) in [6, 6.07) is 0.762. The van der Waals surface area contributed by atoms with Crippen LogP contribution >= 0.6 is 0 Å². The van der Waals surface area contributed by atoms with Crippen molar-refractivity contribution >= 4 is 0 Å². The molecule has 116 valence electrons. The molecule has 2 bridgehead atoms. The fourth-order valence-electron chi connectivity index (χ4n) is 5.94. The third-order valence-corrected chi connectivity index (χ3v) is 7.42. The van der Waals surface area contributed by atoms with Crippen molar-refractivity contribution in [2.45, 2.75) is 85.1 Å². The second-order valence-corrected chi connectivity index (χ2v) is 9.05. The minimum Gasteiger partial charge on any atom is -0.313 e. The Bertz CT molecular complexity index is 335. The van der Waals surface area contributed by atoms with E-state index in [1.165, 1.54) is 57.9 Å². The van der Waals surface area contributed by atoms with Gasteiger partial charge in [0, 0.05) is 6.04 Å². The molecule has 0 aromatic carbocycles. The lowest BCUT2D eigenvalue weighted by Gasteiger charge is -2.44. The van der Waals surface area contributed by atoms with Crippen LogP contribution in [0.4, 0.5) is 0 Å². The van der Waals surface area contributed by atoms with Gasteiger partial charge in [-0.1, -0.05) is 47.0 Å². The Kier molecular flexibility index (Phi) is 3.95. The van der Waals surface area contributed by atoms with E-state index in [2.05, 4.69) is 33.0 Å². The van der Waals surface area contributed by atoms with Crippen molar-refractivity contribution < 1.29 is 0 Å². The summed E-state index contributed by atoms with van der Waals surface area (Å²) in [5.41, 5.74) is 1.11. The van der Waals surface area contributed by atoms with Crippen LogP contribution in [0, 0.1) is 28.6 Å². The van der Waals surface area contributed by atoms with Gasteiger partial charge >= 0.3 is 0 Å². The molecule has 1 unspecified atom stereocenters. The van der Waals surface area contributed by atoms with Crippen LogP contribution in [-0.2, 0) is 0 Å². The quantitative estimate of drug-likeness (QED) is 0.762. The first kappa shape index (κ1) is 14.9. The molecular formula is C19H35N. The van der Waals surface area contributed by atoms with E-state index in [-0.39, 0.29) is 0 Å². The van der Waals surface area contributed by atoms with Gasteiger partial charge in [-0.05, 0) is 67.2 Å². The molecule has 0 spiro atoms. The molecule has 3 rings (SSSR count). The highest BCUT2D eigenvalue weighted by Gasteiger charge is 2.58. The van der Waals surface area contributed by atoms with Gasteiger partial charge in [0.1, 0.15) is 0 Å². The van der Waals surface area contributed by atoms with Crippen LogP contribution in [0.25, 0.3) is 0 Å². The van der Waals surface area contributed by atoms with E-state index < -0.39 is 0 Å². The van der Waals surface area contributed by atoms with Crippen molar-refractivity contribution in [1.29, 1.82) is 0 Å². The Balaban J connectivity index is 1.54. The SMILES string of the molecule is CCC1CCC(CNC2C(C)(C)[C@H]3CC[C@]2(C)C3)CC1. The third kappa shape index (κ3) is 2.45. The first-order chi connectivity index (χ1) is 9.45. The fraction of sp³-hybridized carbons (Fsp3) is 1.00. The van der Waals surface area contributed by atoms with Gasteiger partial charge in [0.2, 0.25) is 0 Å². The van der Waals surface area contributed by atoms with Crippen LogP contribution in [0.15, 0.2) is 0 Å². The molecular weight excluding hydrogens is 242 g/mol. The number of nitrogens with one attached hydrogen (secondary N) is 1. The lowest BCUT2D eigenvalue weighted by Crippen LogP contribution is -2.51. The average molecular weight is 277 g/mol. The first-order valence-electron chi connectivity index (χ1n) is 9.19. The van der Waals surface area contributed by atoms with Crippen molar-refractivity contribution in [2.24, 2.45) is 28.6 Å². The summed E-state index contributed by atoms with van der Waals surface area (Å²) >= 11 is 0. The summed E-state index contributed by atoms with van der Waals surface area (Å²) in [6.45, 7) is 11.2. The monoisotopic (exact) mass is 277 g/mol. The summed E-state index contributed by atoms with van der Waals surface area (Å²) in [5, 5.41) is 4.05. The molecule has 3 fully saturated rings. The number of rotatable bonds is 4. The second-order valence-electron chi connectivity index (χ2n) is 9.05. The largest absolute Gasteiger partial charge is 0.313 e. The summed E-state index contributed by atoms with van der Waals surface area (Å²) in [5.74, 6) is 2.96. The number of hydrogen-bond donors (Lipinski definition) is 1. The van der Waals surface area contributed by atoms with Gasteiger partial charge in [0.05, 0.1) is 0 Å². The van der Waals surface area contributed by atoms with E-state index in [0.717, 1.165) is 23.8 Å². The molecule has 0 amide bonds. The van der Waals surface area contributed by atoms with Crippen molar-refractivity contribution in [3.05, 3.63) is 0 Å². The Hall–Kier alpha value is -0.0400. The molecule has 3 aliphatic carbocycles. The van der Waals surface area contributed by atoms with Gasteiger partial charge in [-0.3, -0.25) is 0 Å². The molecule has 0 saturated heterocycles. The Morgan fingerprint density at radius 2 is 1.60 bits per heavy atom. The van der Waals surface area contributed by atoms with Crippen molar-refractivity contribution in [3.63, 3.8) is 0 Å². The fourth-order valence-corrected chi connectivity index (χ4v) is 5.94. The van der Waals surface area contributed by atoms with E-state index in [1.54, 1.807) is 0 Å². The molecule has 1 heteroatoms. The maximum absolute atomic E-state index is 4.05. The van der Waals surface area contributed by atoms with Crippen LogP contribution < -0.4 is 5.32 Å². The maximum Gasteiger partial charge on any atom is 0.0175 e. The Morgan fingerprint density at radius 1 is 0.950 bits per heavy atom. The minimum atomic E-state index is 0.521. The Morgan fingerprint density at radius 3 is 2.15 bits per heavy atom. The van der Waals surface area contributed by atoms with Gasteiger partial charge in [-0.25, -0.2) is 0 Å². The summed E-state index contributed by atoms with van der Waals surface area (Å²) < 4.78 is 0. The van der Waals surface area contributed by atoms with Gasteiger partial charge in [0.25, 0.3) is 0 Å². The predicted molar refractivity (Wildman–Crippen MR) is 86.8 cm³/mol. The standard InChI is InChI=1S/C19H35N/c1-5-14-6-8-15(9-7-14)13-20-17-18(2,3)16-10-11-19(17,4)12-16/h14-17,20H,5-13H2,1-4H3/t14?,15?,16-,17?,19+/m0/s1. The first-order valence-corrected chi connectivity index (χ1v) is 9.19. The van der Waals surface area contributed by atoms with Crippen molar-refractivity contribution in [2.75, 3.05) is 6.54 Å². The van der Waals surface area contributed by atoms with Gasteiger partial charge in [0.15, 0.2) is 0 Å². The number of fused-ring (bicyclic) bond motifs is 2. The molecule has 3 saturated carbocycles. The van der Waals surface area contributed by atoms with Crippen LogP contribution in [0.1, 0.15) is 79.1 Å². The second kappa shape index (κ2) is 5.30. The van der Waals surface area contributed by atoms with Gasteiger partial charge in [-0.15, -0.1) is 0 Å². The molecule has 1 N–H and O–H groups in total. The molecule has 1 nitrogen and oxygen atoms in total. The molecule has 3 aliphatic rings. The molecule has 0 heterocycles. The minimum absolute atomic E-state index is 0.521. The Labute approximate surface area is 126 Å². The lowest BCUT2D eigenvalue weighted by molar-refractivity contribution is 0.101. The highest BCUT2D eigenvalue weighted by Crippen LogP contribution is 2.62. The normalized spacial score (nSPS) is 46.8. The predicted octanol–water partition coefficient (Wildman–Crippen LogP) is 5.01. The molecule has 20 heavy (non-hydrogen) atoms. The maximum atomic E-state index is 4.05. The summed E-state index contributed by atoms with van der Waals surface area (Å²) in [6.07, 6.45) is 11.7. The van der Waals surface area contributed by atoms with E-state index in [9.17, 15) is 0 Å². The highest BCUT2D eigenvalue weighted by molar-refractivity contribution is 5.12. The van der Waals surface area contributed by atoms with E-state index in [0.29, 0.717) is 10.8 Å². The van der Waals surface area contributed by atoms with E-state index in [4.69, 9.17) is 0 Å². The van der Waals surface area contributed by atoms with E-state index in [1.807, 2.05) is 0 Å². The third-order valence-electron chi connectivity index (χ3n) is 7.42. The summed E-state index contributed by atoms with van der Waals surface area (Å²) in [7, 11) is 0. The zero-order valence-electron chi connectivity index (χ0n) is 14.2. The molecule has 0 aliphatic heterocycles. The van der Waals surface area contributed by atoms with E-state index >= 15 is 0 Å². The lowest BCUT2D eigenvalue weighted by atomic mass is 9.68. The van der Waals surface area contributed by atoms with Crippen molar-refractivity contribution in [3.8, 4) is 0 Å². The molecule has 3 atom stereocenters. The van der Waals surface area contributed by atoms with Gasteiger partial charge < -0.3 is 5.32 Å². The van der Waals surface area contributed by atoms with Gasteiger partial charge in [-0.2, -0.15) is 0 Å². The topological polar surface area (TPSA) is 12.0 Å². The van der Waals surface area contributed by atoms with Crippen molar-refractivity contribution in [1.82, 2.24) is 5.32 Å². The molecule has 0 aromatic rings. The average Bonchev–Trinajstić information content (AvgIpc) is 2.90. The number of hydrogen-bond acceptors (Lipinski definition) is 1. The molecule has 0 radical (unpaired) electrons. The van der Waals surface area contributed by atoms with Crippen LogP contribution in [0.5, 0.6) is 0 Å². The zero-order valence-corrected chi connectivity index (χ0v) is 14.2. The van der Waals surface area contributed by atoms with Crippen LogP contribution in [0.2, 0.25) is 0 Å². The highest BCUT2D eigenvalue weighted by atomic mass is 15.0. The molecule has 0 aromatic heterocycles. The van der Waals surface area contributed by atoms with Crippen LogP contribution in [-0.4, -0.2) is 12.6 Å². The zero-order chi connectivity index (χ0) is 14.4. The van der Waals surface area contributed by atoms with Crippen LogP contribution in [0.3, 0.4) is 0 Å².